The molecule has 1 heterocycles. The molecule has 20 heavy (non-hydrogen) atoms. The lowest BCUT2D eigenvalue weighted by Gasteiger charge is -2.34. The topological polar surface area (TPSA) is 57.7 Å². The van der Waals surface area contributed by atoms with Crippen LogP contribution in [0.4, 0.5) is 0 Å². The highest BCUT2D eigenvalue weighted by atomic mass is 32.2. The number of carbonyl (C=O) groups is 1. The second kappa shape index (κ2) is 6.54. The Morgan fingerprint density at radius 1 is 1.15 bits per heavy atom. The fourth-order valence-electron chi connectivity index (χ4n) is 3.57. The molecule has 0 aromatic carbocycles. The molecule has 0 amide bonds. The Morgan fingerprint density at radius 2 is 1.85 bits per heavy atom. The van der Waals surface area contributed by atoms with Crippen LogP contribution < -0.4 is 0 Å². The number of hydrogen-bond acceptors (Lipinski definition) is 3. The van der Waals surface area contributed by atoms with E-state index in [1.54, 1.807) is 4.31 Å². The molecule has 0 aromatic rings. The maximum atomic E-state index is 12.7. The van der Waals surface area contributed by atoms with Gasteiger partial charge in [0.1, 0.15) is 5.78 Å². The third kappa shape index (κ3) is 2.92. The molecule has 0 bridgehead atoms. The van der Waals surface area contributed by atoms with Gasteiger partial charge in [-0.3, -0.25) is 4.79 Å². The highest BCUT2D eigenvalue weighted by molar-refractivity contribution is 7.86. The van der Waals surface area contributed by atoms with Gasteiger partial charge < -0.3 is 0 Å². The molecule has 0 unspecified atom stereocenters. The molecule has 2 atom stereocenters. The van der Waals surface area contributed by atoms with Gasteiger partial charge in [-0.2, -0.15) is 17.0 Å². The summed E-state index contributed by atoms with van der Waals surface area (Å²) in [4.78, 5) is 12.1. The molecule has 1 aliphatic carbocycles. The minimum Gasteiger partial charge on any atom is -0.299 e. The smallest absolute Gasteiger partial charge is 0.282 e. The van der Waals surface area contributed by atoms with Gasteiger partial charge in [-0.15, -0.1) is 0 Å². The van der Waals surface area contributed by atoms with Crippen LogP contribution in [0.5, 0.6) is 0 Å². The summed E-state index contributed by atoms with van der Waals surface area (Å²) in [5, 5.41) is 0. The van der Waals surface area contributed by atoms with Crippen molar-refractivity contribution in [1.82, 2.24) is 8.61 Å². The van der Waals surface area contributed by atoms with E-state index in [0.717, 1.165) is 32.1 Å². The van der Waals surface area contributed by atoms with E-state index in [2.05, 4.69) is 0 Å². The zero-order chi connectivity index (χ0) is 14.8. The summed E-state index contributed by atoms with van der Waals surface area (Å²) in [5.41, 5.74) is 0. The molecule has 2 rings (SSSR count). The van der Waals surface area contributed by atoms with Crippen molar-refractivity contribution in [2.45, 2.75) is 58.4 Å². The standard InChI is InChI=1S/C14H26N2O3S/c1-3-15(4-2)20(18,19)16-11-7-9-13(16)12-8-5-6-10-14(12)17/h12-13H,3-11H2,1-2H3/t12-,13+/m0/s1. The molecule has 2 fully saturated rings. The summed E-state index contributed by atoms with van der Waals surface area (Å²) >= 11 is 0. The quantitative estimate of drug-likeness (QED) is 0.778. The van der Waals surface area contributed by atoms with Gasteiger partial charge in [-0.05, 0) is 25.7 Å². The highest BCUT2D eigenvalue weighted by Gasteiger charge is 2.43. The molecule has 116 valence electrons. The molecular formula is C14H26N2O3S. The first kappa shape index (κ1) is 15.9. The van der Waals surface area contributed by atoms with Gasteiger partial charge in [0.25, 0.3) is 10.2 Å². The Hall–Kier alpha value is -0.460. The van der Waals surface area contributed by atoms with Crippen molar-refractivity contribution in [2.75, 3.05) is 19.6 Å². The monoisotopic (exact) mass is 302 g/mol. The lowest BCUT2D eigenvalue weighted by molar-refractivity contribution is -0.126. The van der Waals surface area contributed by atoms with Crippen LogP contribution in [0.15, 0.2) is 0 Å². The Bertz CT molecular complexity index is 445. The summed E-state index contributed by atoms with van der Waals surface area (Å²) < 4.78 is 28.5. The molecule has 0 spiro atoms. The molecule has 2 aliphatic rings. The Morgan fingerprint density at radius 3 is 2.45 bits per heavy atom. The second-order valence-electron chi connectivity index (χ2n) is 5.73. The fraction of sp³-hybridized carbons (Fsp3) is 0.929. The summed E-state index contributed by atoms with van der Waals surface area (Å²) in [6.07, 6.45) is 5.19. The van der Waals surface area contributed by atoms with E-state index in [9.17, 15) is 13.2 Å². The minimum absolute atomic E-state index is 0.0726. The van der Waals surface area contributed by atoms with Crippen LogP contribution in [0.2, 0.25) is 0 Å². The number of rotatable bonds is 5. The van der Waals surface area contributed by atoms with E-state index < -0.39 is 10.2 Å². The maximum Gasteiger partial charge on any atom is 0.282 e. The molecule has 0 radical (unpaired) electrons. The van der Waals surface area contributed by atoms with Crippen molar-refractivity contribution in [2.24, 2.45) is 5.92 Å². The first-order valence-corrected chi connectivity index (χ1v) is 9.21. The first-order chi connectivity index (χ1) is 9.52. The molecule has 0 aromatic heterocycles. The van der Waals surface area contributed by atoms with Crippen molar-refractivity contribution in [1.29, 1.82) is 0 Å². The van der Waals surface area contributed by atoms with Crippen LogP contribution in [0, 0.1) is 5.92 Å². The molecule has 1 aliphatic heterocycles. The van der Waals surface area contributed by atoms with Gasteiger partial charge in [0.2, 0.25) is 0 Å². The van der Waals surface area contributed by atoms with Crippen LogP contribution >= 0.6 is 0 Å². The van der Waals surface area contributed by atoms with Crippen LogP contribution in [0.3, 0.4) is 0 Å². The maximum absolute atomic E-state index is 12.7. The second-order valence-corrected chi connectivity index (χ2v) is 7.61. The zero-order valence-corrected chi connectivity index (χ0v) is 13.4. The largest absolute Gasteiger partial charge is 0.299 e. The van der Waals surface area contributed by atoms with Gasteiger partial charge >= 0.3 is 0 Å². The Labute approximate surface area is 122 Å². The molecule has 6 heteroatoms. The van der Waals surface area contributed by atoms with Gasteiger partial charge in [0.15, 0.2) is 0 Å². The summed E-state index contributed by atoms with van der Waals surface area (Å²) in [6.45, 7) is 5.25. The highest BCUT2D eigenvalue weighted by Crippen LogP contribution is 2.34. The van der Waals surface area contributed by atoms with E-state index >= 15 is 0 Å². The SMILES string of the molecule is CCN(CC)S(=O)(=O)N1CCC[C@@H]1[C@@H]1CCCCC1=O. The minimum atomic E-state index is -3.41. The number of nitrogens with zero attached hydrogens (tertiary/aromatic N) is 2. The average molecular weight is 302 g/mol. The van der Waals surface area contributed by atoms with Gasteiger partial charge in [0.05, 0.1) is 0 Å². The van der Waals surface area contributed by atoms with Gasteiger partial charge in [-0.25, -0.2) is 0 Å². The lowest BCUT2D eigenvalue weighted by Crippen LogP contribution is -2.49. The van der Waals surface area contributed by atoms with E-state index in [-0.39, 0.29) is 17.7 Å². The van der Waals surface area contributed by atoms with Crippen LogP contribution in [0.25, 0.3) is 0 Å². The number of ketones is 1. The fourth-order valence-corrected chi connectivity index (χ4v) is 5.47. The van der Waals surface area contributed by atoms with E-state index in [1.165, 1.54) is 4.31 Å². The van der Waals surface area contributed by atoms with Gasteiger partial charge in [-0.1, -0.05) is 20.3 Å². The predicted octanol–water partition coefficient (Wildman–Crippen LogP) is 1.80. The molecule has 0 N–H and O–H groups in total. The third-order valence-corrected chi connectivity index (χ3v) is 6.86. The van der Waals surface area contributed by atoms with E-state index in [0.29, 0.717) is 26.1 Å². The third-order valence-electron chi connectivity index (χ3n) is 4.64. The summed E-state index contributed by atoms with van der Waals surface area (Å²) in [6, 6.07) is -0.103. The summed E-state index contributed by atoms with van der Waals surface area (Å²) in [7, 11) is -3.41. The van der Waals surface area contributed by atoms with Crippen molar-refractivity contribution < 1.29 is 13.2 Å². The van der Waals surface area contributed by atoms with Crippen molar-refractivity contribution >= 4 is 16.0 Å². The van der Waals surface area contributed by atoms with E-state index in [4.69, 9.17) is 0 Å². The average Bonchev–Trinajstić information content (AvgIpc) is 2.90. The predicted molar refractivity (Wildman–Crippen MR) is 78.5 cm³/mol. The lowest BCUT2D eigenvalue weighted by atomic mass is 9.82. The molecule has 1 saturated carbocycles. The molecule has 1 saturated heterocycles. The normalized spacial score (nSPS) is 29.2. The van der Waals surface area contributed by atoms with Crippen LogP contribution in [-0.4, -0.2) is 48.5 Å². The Kier molecular flexibility index (Phi) is 5.20. The summed E-state index contributed by atoms with van der Waals surface area (Å²) in [5.74, 6) is 0.194. The first-order valence-electron chi connectivity index (χ1n) is 7.82. The molecule has 5 nitrogen and oxygen atoms in total. The van der Waals surface area contributed by atoms with Crippen molar-refractivity contribution in [3.63, 3.8) is 0 Å². The van der Waals surface area contributed by atoms with Crippen LogP contribution in [0.1, 0.15) is 52.4 Å². The Balaban J connectivity index is 2.20. The number of carbonyl (C=O) groups excluding carboxylic acids is 1. The number of hydrogen-bond donors (Lipinski definition) is 0. The zero-order valence-electron chi connectivity index (χ0n) is 12.5. The number of Topliss-reactive ketones (excluding diaryl/α,β-unsaturated/α-hetero) is 1. The van der Waals surface area contributed by atoms with Crippen molar-refractivity contribution in [3.8, 4) is 0 Å². The van der Waals surface area contributed by atoms with Crippen molar-refractivity contribution in [3.05, 3.63) is 0 Å². The van der Waals surface area contributed by atoms with Gasteiger partial charge in [0, 0.05) is 38.0 Å². The molecular weight excluding hydrogens is 276 g/mol. The van der Waals surface area contributed by atoms with E-state index in [1.807, 2.05) is 13.8 Å². The van der Waals surface area contributed by atoms with Crippen LogP contribution in [-0.2, 0) is 15.0 Å².